The lowest BCUT2D eigenvalue weighted by atomic mass is 9.94. The van der Waals surface area contributed by atoms with Crippen LogP contribution in [0.1, 0.15) is 17.5 Å². The minimum atomic E-state index is 0.244. The quantitative estimate of drug-likeness (QED) is 0.600. The zero-order valence-corrected chi connectivity index (χ0v) is 12.8. The van der Waals surface area contributed by atoms with Gasteiger partial charge < -0.3 is 5.11 Å². The summed E-state index contributed by atoms with van der Waals surface area (Å²) in [5.41, 5.74) is 5.01. The molecule has 0 fully saturated rings. The Bertz CT molecular complexity index is 813. The molecule has 0 bridgehead atoms. The van der Waals surface area contributed by atoms with Gasteiger partial charge in [-0.1, -0.05) is 67.2 Å². The summed E-state index contributed by atoms with van der Waals surface area (Å²) in [5.74, 6) is 0.244. The van der Waals surface area contributed by atoms with Gasteiger partial charge in [0.15, 0.2) is 0 Å². The maximum absolute atomic E-state index is 9.20. The Hall–Kier alpha value is -2.54. The predicted molar refractivity (Wildman–Crippen MR) is 94.2 cm³/mol. The van der Waals surface area contributed by atoms with Crippen LogP contribution >= 0.6 is 0 Å². The molecule has 0 aliphatic rings. The Morgan fingerprint density at radius 1 is 0.909 bits per heavy atom. The Balaban J connectivity index is 1.98. The van der Waals surface area contributed by atoms with Crippen LogP contribution in [0.3, 0.4) is 0 Å². The van der Waals surface area contributed by atoms with Crippen LogP contribution in [0, 0.1) is 6.92 Å². The van der Waals surface area contributed by atoms with E-state index in [1.54, 1.807) is 0 Å². The summed E-state index contributed by atoms with van der Waals surface area (Å²) in [6, 6.07) is 21.5. The molecule has 0 spiro atoms. The van der Waals surface area contributed by atoms with E-state index in [9.17, 15) is 5.11 Å². The average molecular weight is 288 g/mol. The van der Waals surface area contributed by atoms with Crippen molar-refractivity contribution in [2.75, 3.05) is 0 Å². The predicted octanol–water partition coefficient (Wildman–Crippen LogP) is 5.82. The first-order valence-electron chi connectivity index (χ1n) is 7.59. The molecule has 0 atom stereocenters. The van der Waals surface area contributed by atoms with Crippen LogP contribution in [-0.4, -0.2) is 5.11 Å². The third kappa shape index (κ3) is 2.89. The Morgan fingerprint density at radius 3 is 2.27 bits per heavy atom. The van der Waals surface area contributed by atoms with E-state index in [1.165, 1.54) is 33.0 Å². The minimum Gasteiger partial charge on any atom is -0.513 e. The zero-order chi connectivity index (χ0) is 15.5. The topological polar surface area (TPSA) is 20.2 Å². The fourth-order valence-electron chi connectivity index (χ4n) is 2.84. The Morgan fingerprint density at radius 2 is 1.59 bits per heavy atom. The van der Waals surface area contributed by atoms with Gasteiger partial charge in [0.2, 0.25) is 0 Å². The molecular weight excluding hydrogens is 268 g/mol. The van der Waals surface area contributed by atoms with Gasteiger partial charge in [0.25, 0.3) is 0 Å². The van der Waals surface area contributed by atoms with Crippen molar-refractivity contribution in [3.05, 3.63) is 84.1 Å². The highest BCUT2D eigenvalue weighted by atomic mass is 16.3. The second kappa shape index (κ2) is 6.07. The second-order valence-corrected chi connectivity index (χ2v) is 5.74. The summed E-state index contributed by atoms with van der Waals surface area (Å²) >= 11 is 0. The molecule has 0 aliphatic heterocycles. The molecule has 0 aliphatic carbocycles. The summed E-state index contributed by atoms with van der Waals surface area (Å²) in [6.45, 7) is 5.68. The summed E-state index contributed by atoms with van der Waals surface area (Å²) in [5, 5.41) is 11.8. The highest BCUT2D eigenvalue weighted by Crippen LogP contribution is 2.30. The molecule has 0 heterocycles. The van der Waals surface area contributed by atoms with Crippen molar-refractivity contribution in [1.82, 2.24) is 0 Å². The van der Waals surface area contributed by atoms with Crippen LogP contribution in [0.15, 0.2) is 73.0 Å². The van der Waals surface area contributed by atoms with E-state index < -0.39 is 0 Å². The Labute approximate surface area is 131 Å². The van der Waals surface area contributed by atoms with Crippen LogP contribution < -0.4 is 0 Å². The summed E-state index contributed by atoms with van der Waals surface area (Å²) < 4.78 is 0. The van der Waals surface area contributed by atoms with Gasteiger partial charge in [0, 0.05) is 6.42 Å². The zero-order valence-electron chi connectivity index (χ0n) is 12.8. The molecule has 0 unspecified atom stereocenters. The van der Waals surface area contributed by atoms with E-state index in [0.29, 0.717) is 6.42 Å². The average Bonchev–Trinajstić information content (AvgIpc) is 2.54. The maximum Gasteiger partial charge on any atom is 0.0854 e. The number of hydrogen-bond donors (Lipinski definition) is 1. The largest absolute Gasteiger partial charge is 0.513 e. The molecule has 0 amide bonds. The molecule has 22 heavy (non-hydrogen) atoms. The molecule has 110 valence electrons. The fourth-order valence-corrected chi connectivity index (χ4v) is 2.84. The fraction of sp³-hybridized carbons (Fsp3) is 0.143. The molecule has 0 saturated heterocycles. The number of hydrogen-bond acceptors (Lipinski definition) is 1. The van der Waals surface area contributed by atoms with Gasteiger partial charge in [-0.25, -0.2) is 0 Å². The van der Waals surface area contributed by atoms with Crippen molar-refractivity contribution in [1.29, 1.82) is 0 Å². The summed E-state index contributed by atoms with van der Waals surface area (Å²) in [7, 11) is 0. The molecule has 0 radical (unpaired) electrons. The highest BCUT2D eigenvalue weighted by Gasteiger charge is 2.05. The number of fused-ring (bicyclic) bond motifs is 1. The van der Waals surface area contributed by atoms with Crippen LogP contribution in [0.2, 0.25) is 0 Å². The van der Waals surface area contributed by atoms with E-state index in [1.807, 2.05) is 0 Å². The van der Waals surface area contributed by atoms with Gasteiger partial charge >= 0.3 is 0 Å². The molecule has 1 N–H and O–H groups in total. The van der Waals surface area contributed by atoms with Gasteiger partial charge in [-0.15, -0.1) is 0 Å². The third-order valence-corrected chi connectivity index (χ3v) is 4.11. The van der Waals surface area contributed by atoms with E-state index >= 15 is 0 Å². The first-order chi connectivity index (χ1) is 10.6. The SMILES string of the molecule is C=C(O)CCc1ccc(-c2ccc(C)c3ccccc23)cc1. The molecule has 1 nitrogen and oxygen atoms in total. The first kappa shape index (κ1) is 14.4. The van der Waals surface area contributed by atoms with E-state index in [-0.39, 0.29) is 5.76 Å². The lowest BCUT2D eigenvalue weighted by molar-refractivity contribution is 0.391. The van der Waals surface area contributed by atoms with Gasteiger partial charge in [0.1, 0.15) is 0 Å². The summed E-state index contributed by atoms with van der Waals surface area (Å²) in [6.07, 6.45) is 1.44. The van der Waals surface area contributed by atoms with Crippen LogP contribution in [-0.2, 0) is 6.42 Å². The standard InChI is InChI=1S/C21H20O/c1-15-7-14-20(21-6-4-3-5-19(15)21)18-12-10-17(11-13-18)9-8-16(2)22/h3-7,10-14,22H,2,8-9H2,1H3. The molecule has 3 aromatic carbocycles. The second-order valence-electron chi connectivity index (χ2n) is 5.74. The van der Waals surface area contributed by atoms with Gasteiger partial charge in [-0.2, -0.15) is 0 Å². The lowest BCUT2D eigenvalue weighted by Crippen LogP contribution is -1.88. The van der Waals surface area contributed by atoms with Gasteiger partial charge in [0.05, 0.1) is 5.76 Å². The summed E-state index contributed by atoms with van der Waals surface area (Å²) in [4.78, 5) is 0. The molecule has 0 aromatic heterocycles. The van der Waals surface area contributed by atoms with E-state index in [4.69, 9.17) is 0 Å². The number of aliphatic hydroxyl groups excluding tert-OH is 1. The van der Waals surface area contributed by atoms with Crippen molar-refractivity contribution in [3.8, 4) is 11.1 Å². The van der Waals surface area contributed by atoms with Crippen molar-refractivity contribution >= 4 is 10.8 Å². The van der Waals surface area contributed by atoms with E-state index in [2.05, 4.69) is 74.2 Å². The van der Waals surface area contributed by atoms with Crippen molar-refractivity contribution < 1.29 is 5.11 Å². The molecular formula is C21H20O. The molecule has 3 aromatic rings. The smallest absolute Gasteiger partial charge is 0.0854 e. The number of allylic oxidation sites excluding steroid dienone is 1. The number of aryl methyl sites for hydroxylation is 2. The maximum atomic E-state index is 9.20. The molecule has 3 rings (SSSR count). The third-order valence-electron chi connectivity index (χ3n) is 4.11. The number of rotatable bonds is 4. The van der Waals surface area contributed by atoms with Crippen molar-refractivity contribution in [2.24, 2.45) is 0 Å². The minimum absolute atomic E-state index is 0.244. The lowest BCUT2D eigenvalue weighted by Gasteiger charge is -2.10. The first-order valence-corrected chi connectivity index (χ1v) is 7.59. The van der Waals surface area contributed by atoms with Gasteiger partial charge in [-0.05, 0) is 46.4 Å². The highest BCUT2D eigenvalue weighted by molar-refractivity contribution is 5.98. The van der Waals surface area contributed by atoms with E-state index in [0.717, 1.165) is 6.42 Å². The van der Waals surface area contributed by atoms with Crippen LogP contribution in [0.25, 0.3) is 21.9 Å². The Kier molecular flexibility index (Phi) is 3.97. The molecule has 1 heteroatoms. The normalized spacial score (nSPS) is 10.8. The van der Waals surface area contributed by atoms with Crippen molar-refractivity contribution in [2.45, 2.75) is 19.8 Å². The molecule has 0 saturated carbocycles. The number of aliphatic hydroxyl groups is 1. The monoisotopic (exact) mass is 288 g/mol. The van der Waals surface area contributed by atoms with Crippen LogP contribution in [0.4, 0.5) is 0 Å². The van der Waals surface area contributed by atoms with Crippen LogP contribution in [0.5, 0.6) is 0 Å². The van der Waals surface area contributed by atoms with Crippen molar-refractivity contribution in [3.63, 3.8) is 0 Å². The van der Waals surface area contributed by atoms with Gasteiger partial charge in [-0.3, -0.25) is 0 Å². The number of benzene rings is 3.